The lowest BCUT2D eigenvalue weighted by Gasteiger charge is -2.17. The van der Waals surface area contributed by atoms with Crippen LogP contribution in [-0.2, 0) is 19.6 Å². The number of anilines is 3. The molecule has 2 N–H and O–H groups in total. The molecule has 1 unspecified atom stereocenters. The number of sulfonamides is 1. The van der Waals surface area contributed by atoms with Gasteiger partial charge in [-0.1, -0.05) is 12.1 Å². The van der Waals surface area contributed by atoms with Crippen LogP contribution in [0.1, 0.15) is 13.4 Å². The number of ether oxygens (including phenoxy) is 1. The van der Waals surface area contributed by atoms with Gasteiger partial charge in [-0.05, 0) is 48.9 Å². The highest BCUT2D eigenvalue weighted by molar-refractivity contribution is 7.93. The Labute approximate surface area is 190 Å². The van der Waals surface area contributed by atoms with E-state index in [1.165, 1.54) is 34.6 Å². The van der Waals surface area contributed by atoms with Crippen LogP contribution in [0.25, 0.3) is 0 Å². The maximum atomic E-state index is 12.7. The largest absolute Gasteiger partial charge is 0.436 e. The smallest absolute Gasteiger partial charge is 0.412 e. The monoisotopic (exact) mass is 474 g/mol. The number of amides is 2. The van der Waals surface area contributed by atoms with Crippen molar-refractivity contribution in [2.24, 2.45) is 0 Å². The molecule has 1 saturated heterocycles. The number of aromatic nitrogens is 1. The molecule has 168 valence electrons. The topological polar surface area (TPSA) is 118 Å². The highest BCUT2D eigenvalue weighted by atomic mass is 32.2. The van der Waals surface area contributed by atoms with Crippen molar-refractivity contribution in [1.82, 2.24) is 4.98 Å². The zero-order valence-corrected chi connectivity index (χ0v) is 18.7. The molecular weight excluding hydrogens is 452 g/mol. The van der Waals surface area contributed by atoms with E-state index in [9.17, 15) is 18.0 Å². The minimum Gasteiger partial charge on any atom is -0.436 e. The quantitative estimate of drug-likeness (QED) is 0.560. The average Bonchev–Trinajstić information content (AvgIpc) is 3.38. The minimum absolute atomic E-state index is 0. The number of carbonyl (C=O) groups excluding carboxylic acids is 2. The van der Waals surface area contributed by atoms with Crippen molar-refractivity contribution in [3.05, 3.63) is 65.7 Å². The van der Waals surface area contributed by atoms with Crippen molar-refractivity contribution in [2.45, 2.75) is 24.3 Å². The molecule has 2 heterocycles. The molecule has 0 aliphatic carbocycles. The lowest BCUT2D eigenvalue weighted by Crippen LogP contribution is -2.33. The van der Waals surface area contributed by atoms with Crippen LogP contribution >= 0.6 is 11.3 Å². The second-order valence-electron chi connectivity index (χ2n) is 7.10. The van der Waals surface area contributed by atoms with E-state index in [2.05, 4.69) is 15.0 Å². The van der Waals surface area contributed by atoms with Crippen molar-refractivity contribution in [3.63, 3.8) is 0 Å². The summed E-state index contributed by atoms with van der Waals surface area (Å²) in [5.41, 5.74) is 2.09. The summed E-state index contributed by atoms with van der Waals surface area (Å²) >= 11 is 1.17. The molecule has 1 aliphatic rings. The number of benzene rings is 2. The lowest BCUT2D eigenvalue weighted by molar-refractivity contribution is -0.124. The van der Waals surface area contributed by atoms with E-state index < -0.39 is 22.2 Å². The Kier molecular flexibility index (Phi) is 6.10. The van der Waals surface area contributed by atoms with Gasteiger partial charge in [0.15, 0.2) is 11.2 Å². The van der Waals surface area contributed by atoms with Gasteiger partial charge < -0.3 is 9.64 Å². The summed E-state index contributed by atoms with van der Waals surface area (Å²) in [6.07, 6.45) is 0.232. The summed E-state index contributed by atoms with van der Waals surface area (Å²) in [6.45, 7) is 2.26. The van der Waals surface area contributed by atoms with E-state index in [0.29, 0.717) is 24.3 Å². The molecule has 3 aromatic rings. The predicted octanol–water partition coefficient (Wildman–Crippen LogP) is 3.85. The van der Waals surface area contributed by atoms with Crippen LogP contribution in [0.2, 0.25) is 0 Å². The number of rotatable bonds is 6. The zero-order valence-electron chi connectivity index (χ0n) is 17.0. The van der Waals surface area contributed by atoms with Crippen LogP contribution < -0.4 is 14.9 Å². The number of hydrogen-bond acceptors (Lipinski definition) is 7. The first-order valence-electron chi connectivity index (χ1n) is 9.70. The Bertz CT molecular complexity index is 1230. The Morgan fingerprint density at radius 3 is 2.72 bits per heavy atom. The Morgan fingerprint density at radius 1 is 1.25 bits per heavy atom. The molecular formula is C21H22N4O5S2. The molecule has 1 aliphatic heterocycles. The van der Waals surface area contributed by atoms with Crippen molar-refractivity contribution in [2.75, 3.05) is 21.5 Å². The second kappa shape index (κ2) is 8.97. The van der Waals surface area contributed by atoms with E-state index in [1.54, 1.807) is 29.6 Å². The van der Waals surface area contributed by atoms with Crippen LogP contribution in [0.5, 0.6) is 0 Å². The lowest BCUT2D eigenvalue weighted by atomic mass is 10.2. The van der Waals surface area contributed by atoms with E-state index in [0.717, 1.165) is 5.56 Å². The normalized spacial score (nSPS) is 16.1. The van der Waals surface area contributed by atoms with Crippen LogP contribution in [0, 0.1) is 6.92 Å². The highest BCUT2D eigenvalue weighted by Crippen LogP contribution is 2.26. The molecule has 9 nitrogen and oxygen atoms in total. The molecule has 11 heteroatoms. The predicted molar refractivity (Wildman–Crippen MR) is 124 cm³/mol. The highest BCUT2D eigenvalue weighted by Gasteiger charge is 2.35. The molecule has 2 amide bonds. The van der Waals surface area contributed by atoms with Gasteiger partial charge in [-0.15, -0.1) is 11.3 Å². The van der Waals surface area contributed by atoms with Gasteiger partial charge in [0.1, 0.15) is 0 Å². The first-order valence-corrected chi connectivity index (χ1v) is 12.1. The fourth-order valence-corrected chi connectivity index (χ4v) is 5.06. The third-order valence-corrected chi connectivity index (χ3v) is 6.96. The standard InChI is InChI=1S/C21H20N4O5S2.H2/c1-14-3-2-4-15(13-14)23-21(27)30-18-9-11-25(19(18)26)16-5-7-17(8-6-16)32(28,29)24-20-22-10-12-31-20;/h2-8,10,12-13,18H,9,11H2,1H3,(H,22,24)(H,23,27);1H. The van der Waals surface area contributed by atoms with Crippen molar-refractivity contribution >= 4 is 49.9 Å². The van der Waals surface area contributed by atoms with E-state index in [4.69, 9.17) is 4.74 Å². The first-order chi connectivity index (χ1) is 15.3. The van der Waals surface area contributed by atoms with Gasteiger partial charge in [-0.25, -0.2) is 18.2 Å². The van der Waals surface area contributed by atoms with E-state index >= 15 is 0 Å². The van der Waals surface area contributed by atoms with E-state index in [1.807, 2.05) is 19.1 Å². The molecule has 0 saturated carbocycles. The van der Waals surface area contributed by atoms with Gasteiger partial charge in [0.2, 0.25) is 0 Å². The molecule has 32 heavy (non-hydrogen) atoms. The third kappa shape index (κ3) is 4.89. The number of nitrogens with one attached hydrogen (secondary N) is 2. The van der Waals surface area contributed by atoms with Gasteiger partial charge in [0.25, 0.3) is 15.9 Å². The van der Waals surface area contributed by atoms with Crippen LogP contribution in [0.3, 0.4) is 0 Å². The Morgan fingerprint density at radius 2 is 2.03 bits per heavy atom. The summed E-state index contributed by atoms with van der Waals surface area (Å²) in [4.78, 5) is 30.3. The number of aryl methyl sites for hydroxylation is 1. The summed E-state index contributed by atoms with van der Waals surface area (Å²) in [6, 6.07) is 13.2. The van der Waals surface area contributed by atoms with Crippen molar-refractivity contribution < 1.29 is 24.2 Å². The van der Waals surface area contributed by atoms with Crippen molar-refractivity contribution in [3.8, 4) is 0 Å². The number of carbonyl (C=O) groups is 2. The van der Waals surface area contributed by atoms with Crippen LogP contribution in [-0.4, -0.2) is 38.1 Å². The molecule has 1 atom stereocenters. The van der Waals surface area contributed by atoms with E-state index in [-0.39, 0.29) is 17.4 Å². The average molecular weight is 475 g/mol. The second-order valence-corrected chi connectivity index (χ2v) is 9.68. The van der Waals surface area contributed by atoms with Gasteiger partial charge in [-0.3, -0.25) is 14.8 Å². The van der Waals surface area contributed by atoms with Crippen LogP contribution in [0.15, 0.2) is 65.0 Å². The summed E-state index contributed by atoms with van der Waals surface area (Å²) < 4.78 is 32.6. The fraction of sp³-hybridized carbons (Fsp3) is 0.190. The molecule has 1 aromatic heterocycles. The van der Waals surface area contributed by atoms with Crippen molar-refractivity contribution in [1.29, 1.82) is 0 Å². The van der Waals surface area contributed by atoms with Gasteiger partial charge >= 0.3 is 6.09 Å². The zero-order chi connectivity index (χ0) is 22.7. The summed E-state index contributed by atoms with van der Waals surface area (Å²) in [5, 5.41) is 4.55. The van der Waals surface area contributed by atoms with Gasteiger partial charge in [0, 0.05) is 37.3 Å². The maximum Gasteiger partial charge on any atom is 0.412 e. The SMILES string of the molecule is Cc1cccc(NC(=O)OC2CCN(c3ccc(S(=O)(=O)Nc4nccs4)cc3)C2=O)c1.[HH]. The number of hydrogen-bond donors (Lipinski definition) is 2. The minimum atomic E-state index is -3.78. The maximum absolute atomic E-state index is 12.7. The molecule has 0 bridgehead atoms. The molecule has 1 fully saturated rings. The number of thiazole rings is 1. The molecule has 0 spiro atoms. The third-order valence-electron chi connectivity index (χ3n) is 4.78. The molecule has 4 rings (SSSR count). The summed E-state index contributed by atoms with van der Waals surface area (Å²) in [7, 11) is -3.78. The summed E-state index contributed by atoms with van der Waals surface area (Å²) in [5.74, 6) is -0.360. The molecule has 0 radical (unpaired) electrons. The fourth-order valence-electron chi connectivity index (χ4n) is 3.27. The Hall–Kier alpha value is -3.44. The number of nitrogens with zero attached hydrogens (tertiary/aromatic N) is 2. The molecule has 2 aromatic carbocycles. The Balaban J connectivity index is 0.00000306. The van der Waals surface area contributed by atoms with Gasteiger partial charge in [-0.2, -0.15) is 0 Å². The first kappa shape index (κ1) is 21.8. The van der Waals surface area contributed by atoms with Crippen LogP contribution in [0.4, 0.5) is 21.3 Å². The van der Waals surface area contributed by atoms with Gasteiger partial charge in [0.05, 0.1) is 4.90 Å².